The number of carboxylic acid groups (broad SMARTS) is 1. The molecule has 0 radical (unpaired) electrons. The molecule has 8 rings (SSSR count). The molecule has 4 aromatic heterocycles. The molecular formula is C43H45Cl2F6IN10O5S2. The van der Waals surface area contributed by atoms with Gasteiger partial charge in [0.15, 0.2) is 33.1 Å². The van der Waals surface area contributed by atoms with Crippen LogP contribution in [0.3, 0.4) is 0 Å². The number of nitrogens with one attached hydrogen (secondary N) is 1. The van der Waals surface area contributed by atoms with Gasteiger partial charge in [0.1, 0.15) is 9.75 Å². The molecule has 69 heavy (non-hydrogen) atoms. The first-order valence-corrected chi connectivity index (χ1v) is 22.5. The SMILES string of the molecule is C.I.NC[C@H](c1ccc(Cl)cc1)N1CCOCC1.O=C(NC[C@H](c1ccc(Cl)cc1)N1CCOCC1)c1sc(-c2ncccn2)nc1C(F)(F)F.O=C(O)c1sc(-c2ncccn2)nc1C(F)(F)F. The van der Waals surface area contributed by atoms with Crippen molar-refractivity contribution < 1.29 is 50.5 Å². The minimum Gasteiger partial charge on any atom is -0.477 e. The van der Waals surface area contributed by atoms with Crippen molar-refractivity contribution in [2.75, 3.05) is 65.7 Å². The van der Waals surface area contributed by atoms with Crippen LogP contribution in [0.4, 0.5) is 26.3 Å². The molecule has 372 valence electrons. The van der Waals surface area contributed by atoms with Crippen LogP contribution in [0.1, 0.15) is 61.4 Å². The van der Waals surface area contributed by atoms with E-state index in [1.54, 1.807) is 12.1 Å². The van der Waals surface area contributed by atoms with Gasteiger partial charge in [0.2, 0.25) is 0 Å². The number of aromatic carboxylic acids is 1. The fraction of sp³-hybridized carbons (Fsp3) is 0.349. The Morgan fingerprint density at radius 1 is 0.681 bits per heavy atom. The van der Waals surface area contributed by atoms with Crippen LogP contribution in [0, 0.1) is 0 Å². The van der Waals surface area contributed by atoms with Crippen LogP contribution in [0.25, 0.3) is 21.7 Å². The fourth-order valence-corrected chi connectivity index (χ4v) is 8.78. The molecule has 15 nitrogen and oxygen atoms in total. The number of alkyl halides is 6. The summed E-state index contributed by atoms with van der Waals surface area (Å²) in [6.07, 6.45) is -4.16. The van der Waals surface area contributed by atoms with Gasteiger partial charge in [0.25, 0.3) is 5.91 Å². The molecule has 2 aliphatic rings. The van der Waals surface area contributed by atoms with Gasteiger partial charge in [-0.15, -0.1) is 46.7 Å². The summed E-state index contributed by atoms with van der Waals surface area (Å²) in [6.45, 7) is 6.55. The predicted molar refractivity (Wildman–Crippen MR) is 260 cm³/mol. The lowest BCUT2D eigenvalue weighted by molar-refractivity contribution is -0.141. The predicted octanol–water partition coefficient (Wildman–Crippen LogP) is 9.32. The van der Waals surface area contributed by atoms with Crippen molar-refractivity contribution >= 4 is 81.7 Å². The summed E-state index contributed by atoms with van der Waals surface area (Å²) in [5, 5.41) is 12.5. The third-order valence-electron chi connectivity index (χ3n) is 9.87. The molecule has 0 bridgehead atoms. The van der Waals surface area contributed by atoms with E-state index >= 15 is 0 Å². The lowest BCUT2D eigenvalue weighted by Gasteiger charge is -2.35. The van der Waals surface area contributed by atoms with Gasteiger partial charge in [-0.05, 0) is 47.5 Å². The molecule has 2 aromatic carbocycles. The van der Waals surface area contributed by atoms with Crippen LogP contribution in [0.15, 0.2) is 85.5 Å². The number of morpholine rings is 2. The number of hydrogen-bond donors (Lipinski definition) is 3. The second-order valence-electron chi connectivity index (χ2n) is 14.2. The third-order valence-corrected chi connectivity index (χ3v) is 12.5. The zero-order valence-electron chi connectivity index (χ0n) is 35.3. The quantitative estimate of drug-likeness (QED) is 0.0820. The number of benzene rings is 2. The third kappa shape index (κ3) is 16.0. The zero-order valence-corrected chi connectivity index (χ0v) is 40.8. The number of carboxylic acids is 1. The van der Waals surface area contributed by atoms with Crippen molar-refractivity contribution in [3.05, 3.63) is 128 Å². The number of nitrogens with two attached hydrogens (primary N) is 1. The first-order valence-electron chi connectivity index (χ1n) is 20.1. The molecule has 0 aliphatic carbocycles. The smallest absolute Gasteiger partial charge is 0.435 e. The van der Waals surface area contributed by atoms with E-state index in [0.29, 0.717) is 60.5 Å². The van der Waals surface area contributed by atoms with Crippen molar-refractivity contribution in [1.29, 1.82) is 0 Å². The number of halogens is 9. The van der Waals surface area contributed by atoms with E-state index in [1.165, 1.54) is 42.5 Å². The minimum atomic E-state index is -4.82. The lowest BCUT2D eigenvalue weighted by atomic mass is 10.0. The van der Waals surface area contributed by atoms with Crippen LogP contribution in [-0.4, -0.2) is 122 Å². The average molecular weight is 1160 g/mol. The summed E-state index contributed by atoms with van der Waals surface area (Å²) < 4.78 is 89.3. The zero-order chi connectivity index (χ0) is 48.1. The molecule has 0 unspecified atom stereocenters. The van der Waals surface area contributed by atoms with Crippen LogP contribution in [-0.2, 0) is 21.8 Å². The Kier molecular flexibility index (Phi) is 22.0. The van der Waals surface area contributed by atoms with Crippen LogP contribution >= 0.6 is 69.9 Å². The van der Waals surface area contributed by atoms with Crippen molar-refractivity contribution in [3.63, 3.8) is 0 Å². The van der Waals surface area contributed by atoms with Gasteiger partial charge in [0.05, 0.1) is 32.5 Å². The number of carbonyl (C=O) groups excluding carboxylic acids is 1. The molecular weight excluding hydrogens is 1110 g/mol. The summed E-state index contributed by atoms with van der Waals surface area (Å²) in [5.74, 6) is -2.55. The highest BCUT2D eigenvalue weighted by atomic mass is 127. The largest absolute Gasteiger partial charge is 0.477 e. The maximum absolute atomic E-state index is 13.6. The normalized spacial score (nSPS) is 15.1. The number of amides is 1. The van der Waals surface area contributed by atoms with Crippen molar-refractivity contribution in [3.8, 4) is 21.7 Å². The van der Waals surface area contributed by atoms with Crippen molar-refractivity contribution in [2.24, 2.45) is 5.73 Å². The summed E-state index contributed by atoms with van der Waals surface area (Å²) in [6, 6.07) is 18.1. The number of hydrogen-bond acceptors (Lipinski definition) is 15. The Balaban J connectivity index is 0.000000244. The Labute approximate surface area is 427 Å². The standard InChI is InChI=1S/C21H19ClF3N5O2S.C12H17ClN2O.C9H4F3N3O2S.CH4.HI/c22-14-4-2-13(3-5-14)15(30-8-10-32-11-9-30)12-28-19(31)16-17(21(23,24)25)29-20(33-16)18-26-6-1-7-27-18;13-11-3-1-10(2-4-11)12(9-14)15-5-7-16-8-6-15;10-9(11,12)5-4(8(16)17)18-7(15-5)6-13-2-1-3-14-6;;/h1-7,15H,8-12H2,(H,28,31);1-4,12H,5-9,14H2;1-3H,(H,16,17);1H4;1H/t15-;12-;;;/m11.../s1. The molecule has 2 saturated heterocycles. The minimum absolute atomic E-state index is 0. The molecule has 1 amide bonds. The summed E-state index contributed by atoms with van der Waals surface area (Å²) >= 11 is 12.9. The molecule has 26 heteroatoms. The van der Waals surface area contributed by atoms with Gasteiger partial charge in [-0.25, -0.2) is 34.7 Å². The molecule has 4 N–H and O–H groups in total. The van der Waals surface area contributed by atoms with E-state index in [0.717, 1.165) is 36.9 Å². The monoisotopic (exact) mass is 1160 g/mol. The molecule has 6 aromatic rings. The number of aromatic nitrogens is 6. The number of thiazole rings is 2. The highest BCUT2D eigenvalue weighted by Crippen LogP contribution is 2.38. The molecule has 2 aliphatic heterocycles. The molecule has 6 heterocycles. The van der Waals surface area contributed by atoms with Gasteiger partial charge in [0, 0.05) is 80.1 Å². The lowest BCUT2D eigenvalue weighted by Crippen LogP contribution is -2.43. The van der Waals surface area contributed by atoms with Gasteiger partial charge in [-0.1, -0.05) is 54.9 Å². The maximum atomic E-state index is 13.6. The van der Waals surface area contributed by atoms with Gasteiger partial charge in [-0.3, -0.25) is 14.6 Å². The van der Waals surface area contributed by atoms with Crippen LogP contribution in [0.2, 0.25) is 10.0 Å². The van der Waals surface area contributed by atoms with Crippen molar-refractivity contribution in [2.45, 2.75) is 31.9 Å². The Morgan fingerprint density at radius 2 is 1.06 bits per heavy atom. The van der Waals surface area contributed by atoms with Crippen LogP contribution < -0.4 is 11.1 Å². The van der Waals surface area contributed by atoms with Gasteiger partial charge >= 0.3 is 18.3 Å². The second-order valence-corrected chi connectivity index (χ2v) is 17.1. The Morgan fingerprint density at radius 3 is 1.43 bits per heavy atom. The Hall–Kier alpha value is -4.51. The number of ether oxygens (including phenoxy) is 2. The van der Waals surface area contributed by atoms with Crippen LogP contribution in [0.5, 0.6) is 0 Å². The van der Waals surface area contributed by atoms with E-state index in [1.807, 2.05) is 24.3 Å². The average Bonchev–Trinajstić information content (AvgIpc) is 4.01. The maximum Gasteiger partial charge on any atom is 0.435 e. The molecule has 0 spiro atoms. The van der Waals surface area contributed by atoms with E-state index in [2.05, 4.69) is 57.2 Å². The number of carbonyl (C=O) groups is 2. The van der Waals surface area contributed by atoms with Gasteiger partial charge < -0.3 is 25.6 Å². The highest BCUT2D eigenvalue weighted by molar-refractivity contribution is 14.0. The number of rotatable bonds is 11. The summed E-state index contributed by atoms with van der Waals surface area (Å²) in [7, 11) is 0. The van der Waals surface area contributed by atoms with Crippen molar-refractivity contribution in [1.82, 2.24) is 45.0 Å². The number of nitrogens with zero attached hydrogens (tertiary/aromatic N) is 8. The fourth-order valence-electron chi connectivity index (χ4n) is 6.71. The molecule has 0 saturated carbocycles. The van der Waals surface area contributed by atoms with Gasteiger partial charge in [-0.2, -0.15) is 26.3 Å². The first kappa shape index (κ1) is 57.1. The van der Waals surface area contributed by atoms with E-state index < -0.39 is 45.4 Å². The molecule has 2 fully saturated rings. The van der Waals surface area contributed by atoms with E-state index in [9.17, 15) is 35.9 Å². The van der Waals surface area contributed by atoms with E-state index in [-0.39, 0.29) is 71.7 Å². The summed E-state index contributed by atoms with van der Waals surface area (Å²) in [4.78, 5) is 48.9. The Bertz CT molecular complexity index is 2520. The molecule has 2 atom stereocenters. The second kappa shape index (κ2) is 26.6. The topological polar surface area (TPSA) is 195 Å². The van der Waals surface area contributed by atoms with E-state index in [4.69, 9.17) is 43.5 Å². The first-order chi connectivity index (χ1) is 32.0. The summed E-state index contributed by atoms with van der Waals surface area (Å²) in [5.41, 5.74) is 5.30. The highest BCUT2D eigenvalue weighted by Gasteiger charge is 2.41.